The van der Waals surface area contributed by atoms with E-state index in [4.69, 9.17) is 4.98 Å². The molecule has 24 heavy (non-hydrogen) atoms. The fraction of sp³-hybridized carbons (Fsp3) is 0.211. The molecule has 4 nitrogen and oxygen atoms in total. The maximum atomic E-state index is 4.88. The van der Waals surface area contributed by atoms with Gasteiger partial charge in [-0.05, 0) is 44.4 Å². The first kappa shape index (κ1) is 15.4. The van der Waals surface area contributed by atoms with Gasteiger partial charge < -0.3 is 14.5 Å². The first-order valence-electron chi connectivity index (χ1n) is 8.00. The summed E-state index contributed by atoms with van der Waals surface area (Å²) in [5, 5.41) is 1.19. The maximum Gasteiger partial charge on any atom is 0.157 e. The van der Waals surface area contributed by atoms with Crippen LogP contribution in [0.15, 0.2) is 53.0 Å². The van der Waals surface area contributed by atoms with Crippen molar-refractivity contribution in [1.29, 1.82) is 0 Å². The number of likely N-dealkylation sites (N-methyl/N-ethyl adjacent to an activating group) is 1. The Kier molecular flexibility index (Phi) is 3.90. The fourth-order valence-electron chi connectivity index (χ4n) is 3.03. The molecule has 2 aromatic carbocycles. The quantitative estimate of drug-likeness (QED) is 0.563. The van der Waals surface area contributed by atoms with Crippen LogP contribution in [0.3, 0.4) is 0 Å². The minimum atomic E-state index is 0.905. The highest BCUT2D eigenvalue weighted by atomic mass is 79.9. The molecule has 2 aromatic heterocycles. The van der Waals surface area contributed by atoms with Crippen LogP contribution in [0.4, 0.5) is 0 Å². The zero-order chi connectivity index (χ0) is 16.7. The van der Waals surface area contributed by atoms with Crippen molar-refractivity contribution < 1.29 is 0 Å². The van der Waals surface area contributed by atoms with E-state index in [0.717, 1.165) is 40.1 Å². The molecule has 122 valence electrons. The number of para-hydroxylation sites is 2. The first-order valence-corrected chi connectivity index (χ1v) is 8.80. The summed E-state index contributed by atoms with van der Waals surface area (Å²) in [6.07, 6.45) is 0. The molecule has 0 radical (unpaired) electrons. The van der Waals surface area contributed by atoms with E-state index in [0.29, 0.717) is 0 Å². The molecule has 0 unspecified atom stereocenters. The standard InChI is InChI=1S/C19H19BrN4/c1-23(2)9-10-24-18-6-4-3-5-15(18)22-19(24)17-11-13-7-8-14(20)12-16(13)21-17/h3-8,11-12,21H,9-10H2,1-2H3. The highest BCUT2D eigenvalue weighted by Gasteiger charge is 2.14. The number of nitrogens with one attached hydrogen (secondary N) is 1. The van der Waals surface area contributed by atoms with Gasteiger partial charge in [0.15, 0.2) is 5.82 Å². The zero-order valence-electron chi connectivity index (χ0n) is 13.8. The Morgan fingerprint density at radius 2 is 1.96 bits per heavy atom. The van der Waals surface area contributed by atoms with Crippen molar-refractivity contribution in [2.45, 2.75) is 6.54 Å². The zero-order valence-corrected chi connectivity index (χ0v) is 15.3. The number of benzene rings is 2. The second-order valence-electron chi connectivity index (χ2n) is 6.29. The molecule has 0 aliphatic rings. The minimum absolute atomic E-state index is 0.905. The van der Waals surface area contributed by atoms with Crippen molar-refractivity contribution in [3.05, 3.63) is 53.0 Å². The number of halogens is 1. The largest absolute Gasteiger partial charge is 0.352 e. The van der Waals surface area contributed by atoms with E-state index in [-0.39, 0.29) is 0 Å². The Hall–Kier alpha value is -2.11. The summed E-state index contributed by atoms with van der Waals surface area (Å²) < 4.78 is 3.37. The normalized spacial score (nSPS) is 11.8. The lowest BCUT2D eigenvalue weighted by molar-refractivity contribution is 0.387. The molecule has 2 heterocycles. The van der Waals surface area contributed by atoms with E-state index in [9.17, 15) is 0 Å². The van der Waals surface area contributed by atoms with Crippen LogP contribution >= 0.6 is 15.9 Å². The van der Waals surface area contributed by atoms with E-state index >= 15 is 0 Å². The summed E-state index contributed by atoms with van der Waals surface area (Å²) in [4.78, 5) is 10.6. The van der Waals surface area contributed by atoms with Crippen LogP contribution in [0.2, 0.25) is 0 Å². The van der Waals surface area contributed by atoms with Gasteiger partial charge in [-0.25, -0.2) is 4.98 Å². The number of imidazole rings is 1. The SMILES string of the molecule is CN(C)CCn1c(-c2cc3ccc(Br)cc3[nH]2)nc2ccccc21. The molecule has 0 aliphatic carbocycles. The molecule has 0 spiro atoms. The maximum absolute atomic E-state index is 4.88. The second-order valence-corrected chi connectivity index (χ2v) is 7.21. The fourth-order valence-corrected chi connectivity index (χ4v) is 3.39. The number of nitrogens with zero attached hydrogens (tertiary/aromatic N) is 3. The molecule has 4 rings (SSSR count). The summed E-state index contributed by atoms with van der Waals surface area (Å²) in [7, 11) is 4.19. The van der Waals surface area contributed by atoms with Gasteiger partial charge >= 0.3 is 0 Å². The molecule has 0 atom stereocenters. The lowest BCUT2D eigenvalue weighted by atomic mass is 10.2. The minimum Gasteiger partial charge on any atom is -0.352 e. The smallest absolute Gasteiger partial charge is 0.157 e. The monoisotopic (exact) mass is 382 g/mol. The molecule has 0 amide bonds. The predicted octanol–water partition coefficient (Wildman–Crippen LogP) is 4.51. The number of H-pyrrole nitrogens is 1. The number of hydrogen-bond acceptors (Lipinski definition) is 2. The molecule has 0 bridgehead atoms. The third kappa shape index (κ3) is 2.74. The van der Waals surface area contributed by atoms with E-state index in [1.54, 1.807) is 0 Å². The van der Waals surface area contributed by atoms with Crippen LogP contribution in [-0.4, -0.2) is 40.1 Å². The summed E-state index contributed by atoms with van der Waals surface area (Å²) in [5.41, 5.74) is 4.38. The molecule has 0 aliphatic heterocycles. The average molecular weight is 383 g/mol. The van der Waals surface area contributed by atoms with Crippen molar-refractivity contribution in [2.24, 2.45) is 0 Å². The van der Waals surface area contributed by atoms with Crippen molar-refractivity contribution in [3.8, 4) is 11.5 Å². The third-order valence-corrected chi connectivity index (χ3v) is 4.74. The van der Waals surface area contributed by atoms with Crippen LogP contribution in [0.5, 0.6) is 0 Å². The third-order valence-electron chi connectivity index (χ3n) is 4.25. The summed E-state index contributed by atoms with van der Waals surface area (Å²) >= 11 is 3.53. The van der Waals surface area contributed by atoms with Gasteiger partial charge in [0.25, 0.3) is 0 Å². The van der Waals surface area contributed by atoms with E-state index < -0.39 is 0 Å². The highest BCUT2D eigenvalue weighted by Crippen LogP contribution is 2.28. The van der Waals surface area contributed by atoms with Crippen molar-refractivity contribution >= 4 is 37.9 Å². The average Bonchev–Trinajstić information content (AvgIpc) is 3.13. The molecular weight excluding hydrogens is 364 g/mol. The Bertz CT molecular complexity index is 1010. The Morgan fingerprint density at radius 3 is 2.79 bits per heavy atom. The molecular formula is C19H19BrN4. The summed E-state index contributed by atoms with van der Waals surface area (Å²) in [6, 6.07) is 16.8. The van der Waals surface area contributed by atoms with Crippen LogP contribution < -0.4 is 0 Å². The number of hydrogen-bond donors (Lipinski definition) is 1. The first-order chi connectivity index (χ1) is 11.6. The van der Waals surface area contributed by atoms with Gasteiger partial charge in [0.1, 0.15) is 0 Å². The number of aromatic amines is 1. The highest BCUT2D eigenvalue weighted by molar-refractivity contribution is 9.10. The van der Waals surface area contributed by atoms with Crippen LogP contribution in [0.25, 0.3) is 33.5 Å². The predicted molar refractivity (Wildman–Crippen MR) is 103 cm³/mol. The van der Waals surface area contributed by atoms with Crippen LogP contribution in [0, 0.1) is 0 Å². The van der Waals surface area contributed by atoms with Gasteiger partial charge in [-0.15, -0.1) is 0 Å². The van der Waals surface area contributed by atoms with E-state index in [2.05, 4.69) is 86.9 Å². The Labute approximate surface area is 149 Å². The lowest BCUT2D eigenvalue weighted by Crippen LogP contribution is -2.18. The van der Waals surface area contributed by atoms with Gasteiger partial charge in [0, 0.05) is 28.5 Å². The van der Waals surface area contributed by atoms with Gasteiger partial charge in [-0.1, -0.05) is 34.1 Å². The van der Waals surface area contributed by atoms with Crippen molar-refractivity contribution in [3.63, 3.8) is 0 Å². The van der Waals surface area contributed by atoms with Crippen LogP contribution in [0.1, 0.15) is 0 Å². The Morgan fingerprint density at radius 1 is 1.12 bits per heavy atom. The van der Waals surface area contributed by atoms with Gasteiger partial charge in [0.2, 0.25) is 0 Å². The second kappa shape index (κ2) is 6.07. The van der Waals surface area contributed by atoms with Crippen LogP contribution in [-0.2, 0) is 6.54 Å². The molecule has 0 saturated carbocycles. The number of rotatable bonds is 4. The summed E-state index contributed by atoms with van der Waals surface area (Å²) in [5.74, 6) is 0.991. The van der Waals surface area contributed by atoms with Gasteiger partial charge in [-0.2, -0.15) is 0 Å². The summed E-state index contributed by atoms with van der Waals surface area (Å²) in [6.45, 7) is 1.88. The number of fused-ring (bicyclic) bond motifs is 2. The van der Waals surface area contributed by atoms with Gasteiger partial charge in [0.05, 0.1) is 16.7 Å². The lowest BCUT2D eigenvalue weighted by Gasteiger charge is -2.12. The molecule has 1 N–H and O–H groups in total. The van der Waals surface area contributed by atoms with E-state index in [1.165, 1.54) is 10.9 Å². The molecule has 0 fully saturated rings. The Balaban J connectivity index is 1.88. The molecule has 0 saturated heterocycles. The molecule has 4 aromatic rings. The van der Waals surface area contributed by atoms with E-state index in [1.807, 2.05) is 6.07 Å². The van der Waals surface area contributed by atoms with Crippen molar-refractivity contribution in [2.75, 3.05) is 20.6 Å². The van der Waals surface area contributed by atoms with Crippen molar-refractivity contribution in [1.82, 2.24) is 19.4 Å². The molecule has 5 heteroatoms. The topological polar surface area (TPSA) is 36.9 Å². The number of aromatic nitrogens is 3. The van der Waals surface area contributed by atoms with Gasteiger partial charge in [-0.3, -0.25) is 0 Å².